The minimum absolute atomic E-state index is 0.626. The Morgan fingerprint density at radius 3 is 2.76 bits per heavy atom. The zero-order chi connectivity index (χ0) is 12.4. The highest BCUT2D eigenvalue weighted by molar-refractivity contribution is 5.67. The molecule has 0 saturated heterocycles. The molecule has 5 nitrogen and oxygen atoms in total. The summed E-state index contributed by atoms with van der Waals surface area (Å²) in [4.78, 5) is 0. The van der Waals surface area contributed by atoms with E-state index < -0.39 is 0 Å². The number of benzene rings is 1. The first-order valence-corrected chi connectivity index (χ1v) is 5.31. The molecule has 3 N–H and O–H groups in total. The lowest BCUT2D eigenvalue weighted by atomic mass is 10.2. The Kier molecular flexibility index (Phi) is 2.91. The quantitative estimate of drug-likeness (QED) is 0.795. The number of aromatic nitrogens is 2. The summed E-state index contributed by atoms with van der Waals surface area (Å²) < 4.78 is 6.94. The van der Waals surface area contributed by atoms with Crippen LogP contribution in [0.1, 0.15) is 5.69 Å². The zero-order valence-corrected chi connectivity index (χ0v) is 10.2. The molecule has 0 fully saturated rings. The summed E-state index contributed by atoms with van der Waals surface area (Å²) in [5, 5.41) is 7.54. The summed E-state index contributed by atoms with van der Waals surface area (Å²) in [5.41, 5.74) is 9.23. The van der Waals surface area contributed by atoms with Crippen molar-refractivity contribution >= 4 is 17.1 Å². The molecule has 5 heteroatoms. The van der Waals surface area contributed by atoms with Gasteiger partial charge in [-0.1, -0.05) is 0 Å². The zero-order valence-electron chi connectivity index (χ0n) is 10.2. The highest BCUT2D eigenvalue weighted by atomic mass is 16.5. The lowest BCUT2D eigenvalue weighted by Gasteiger charge is -2.09. The maximum absolute atomic E-state index is 5.76. The molecule has 0 atom stereocenters. The number of methoxy groups -OCH3 is 1. The van der Waals surface area contributed by atoms with Crippen LogP contribution in [0, 0.1) is 6.92 Å². The SMILES string of the molecule is COc1cc(Nc2cn(C)nc2C)ccc1N. The van der Waals surface area contributed by atoms with Gasteiger partial charge in [0.05, 0.1) is 24.2 Å². The topological polar surface area (TPSA) is 65.1 Å². The Morgan fingerprint density at radius 2 is 2.18 bits per heavy atom. The lowest BCUT2D eigenvalue weighted by Crippen LogP contribution is -1.95. The summed E-state index contributed by atoms with van der Waals surface area (Å²) >= 11 is 0. The van der Waals surface area contributed by atoms with Crippen LogP contribution in [-0.2, 0) is 7.05 Å². The van der Waals surface area contributed by atoms with Crippen molar-refractivity contribution in [3.8, 4) is 5.75 Å². The number of aryl methyl sites for hydroxylation is 2. The molecule has 1 aromatic heterocycles. The average Bonchev–Trinajstić information content (AvgIpc) is 2.60. The molecule has 0 unspecified atom stereocenters. The molecular formula is C12H16N4O. The third-order valence-electron chi connectivity index (χ3n) is 2.53. The highest BCUT2D eigenvalue weighted by Crippen LogP contribution is 2.27. The van der Waals surface area contributed by atoms with Crippen LogP contribution < -0.4 is 15.8 Å². The van der Waals surface area contributed by atoms with E-state index in [0.29, 0.717) is 11.4 Å². The Balaban J connectivity index is 2.27. The highest BCUT2D eigenvalue weighted by Gasteiger charge is 2.05. The molecule has 17 heavy (non-hydrogen) atoms. The van der Waals surface area contributed by atoms with Crippen molar-refractivity contribution in [3.63, 3.8) is 0 Å². The van der Waals surface area contributed by atoms with Crippen molar-refractivity contribution in [2.24, 2.45) is 7.05 Å². The minimum atomic E-state index is 0.626. The second-order valence-corrected chi connectivity index (χ2v) is 3.88. The van der Waals surface area contributed by atoms with Gasteiger partial charge in [0.1, 0.15) is 5.75 Å². The van der Waals surface area contributed by atoms with Gasteiger partial charge in [-0.25, -0.2) is 0 Å². The second-order valence-electron chi connectivity index (χ2n) is 3.88. The normalized spacial score (nSPS) is 10.3. The fourth-order valence-corrected chi connectivity index (χ4v) is 1.67. The maximum Gasteiger partial charge on any atom is 0.143 e. The van der Waals surface area contributed by atoms with Crippen LogP contribution >= 0.6 is 0 Å². The largest absolute Gasteiger partial charge is 0.495 e. The van der Waals surface area contributed by atoms with Gasteiger partial charge in [0.15, 0.2) is 0 Å². The van der Waals surface area contributed by atoms with Gasteiger partial charge in [-0.05, 0) is 19.1 Å². The van der Waals surface area contributed by atoms with E-state index >= 15 is 0 Å². The fourth-order valence-electron chi connectivity index (χ4n) is 1.67. The van der Waals surface area contributed by atoms with Gasteiger partial charge in [0, 0.05) is 25.0 Å². The lowest BCUT2D eigenvalue weighted by molar-refractivity contribution is 0.417. The number of hydrogen-bond acceptors (Lipinski definition) is 4. The van der Waals surface area contributed by atoms with Crippen molar-refractivity contribution in [1.82, 2.24) is 9.78 Å². The smallest absolute Gasteiger partial charge is 0.143 e. The average molecular weight is 232 g/mol. The number of nitrogen functional groups attached to an aromatic ring is 1. The van der Waals surface area contributed by atoms with Crippen molar-refractivity contribution in [2.45, 2.75) is 6.92 Å². The molecule has 2 aromatic rings. The van der Waals surface area contributed by atoms with Crippen LogP contribution in [0.4, 0.5) is 17.1 Å². The van der Waals surface area contributed by atoms with Crippen LogP contribution in [0.3, 0.4) is 0 Å². The molecule has 0 aliphatic rings. The van der Waals surface area contributed by atoms with Gasteiger partial charge in [-0.15, -0.1) is 0 Å². The third kappa shape index (κ3) is 2.33. The number of rotatable bonds is 3. The summed E-state index contributed by atoms with van der Waals surface area (Å²) in [6.07, 6.45) is 1.93. The molecule has 1 aromatic carbocycles. The van der Waals surface area contributed by atoms with E-state index in [2.05, 4.69) is 10.4 Å². The second kappa shape index (κ2) is 4.37. The van der Waals surface area contributed by atoms with E-state index in [1.54, 1.807) is 11.8 Å². The molecule has 0 aliphatic heterocycles. The minimum Gasteiger partial charge on any atom is -0.495 e. The first-order valence-electron chi connectivity index (χ1n) is 5.31. The molecular weight excluding hydrogens is 216 g/mol. The standard InChI is InChI=1S/C12H16N4O/c1-8-11(7-16(2)15-8)14-9-4-5-10(13)12(6-9)17-3/h4-7,14H,13H2,1-3H3. The van der Waals surface area contributed by atoms with Crippen LogP contribution in [-0.4, -0.2) is 16.9 Å². The van der Waals surface area contributed by atoms with E-state index in [1.807, 2.05) is 38.4 Å². The summed E-state index contributed by atoms with van der Waals surface area (Å²) in [7, 11) is 3.49. The molecule has 0 spiro atoms. The molecule has 0 bridgehead atoms. The fraction of sp³-hybridized carbons (Fsp3) is 0.250. The molecule has 0 saturated carbocycles. The van der Waals surface area contributed by atoms with E-state index in [-0.39, 0.29) is 0 Å². The van der Waals surface area contributed by atoms with Crippen LogP contribution in [0.15, 0.2) is 24.4 Å². The monoisotopic (exact) mass is 232 g/mol. The van der Waals surface area contributed by atoms with Gasteiger partial charge >= 0.3 is 0 Å². The van der Waals surface area contributed by atoms with Crippen LogP contribution in [0.5, 0.6) is 5.75 Å². The molecule has 0 amide bonds. The number of nitrogens with zero attached hydrogens (tertiary/aromatic N) is 2. The van der Waals surface area contributed by atoms with E-state index in [9.17, 15) is 0 Å². The van der Waals surface area contributed by atoms with Gasteiger partial charge < -0.3 is 15.8 Å². The molecule has 1 heterocycles. The molecule has 2 rings (SSSR count). The van der Waals surface area contributed by atoms with Crippen LogP contribution in [0.25, 0.3) is 0 Å². The van der Waals surface area contributed by atoms with Gasteiger partial charge in [-0.2, -0.15) is 5.10 Å². The van der Waals surface area contributed by atoms with Crippen molar-refractivity contribution < 1.29 is 4.74 Å². The summed E-state index contributed by atoms with van der Waals surface area (Å²) in [5.74, 6) is 0.663. The van der Waals surface area contributed by atoms with E-state index in [4.69, 9.17) is 10.5 Å². The van der Waals surface area contributed by atoms with Crippen molar-refractivity contribution in [2.75, 3.05) is 18.2 Å². The Hall–Kier alpha value is -2.17. The number of hydrogen-bond donors (Lipinski definition) is 2. The first-order chi connectivity index (χ1) is 8.10. The number of anilines is 3. The predicted octanol–water partition coefficient (Wildman–Crippen LogP) is 2.06. The number of ether oxygens (including phenoxy) is 1. The van der Waals surface area contributed by atoms with E-state index in [1.165, 1.54) is 0 Å². The molecule has 0 aliphatic carbocycles. The van der Waals surface area contributed by atoms with Gasteiger partial charge in [-0.3, -0.25) is 4.68 Å². The molecule has 0 radical (unpaired) electrons. The van der Waals surface area contributed by atoms with Crippen molar-refractivity contribution in [3.05, 3.63) is 30.1 Å². The van der Waals surface area contributed by atoms with E-state index in [0.717, 1.165) is 17.1 Å². The number of nitrogens with two attached hydrogens (primary N) is 1. The first kappa shape index (κ1) is 11.3. The maximum atomic E-state index is 5.76. The van der Waals surface area contributed by atoms with Crippen molar-refractivity contribution in [1.29, 1.82) is 0 Å². The predicted molar refractivity (Wildman–Crippen MR) is 68.6 cm³/mol. The third-order valence-corrected chi connectivity index (χ3v) is 2.53. The Bertz CT molecular complexity index is 533. The molecule has 90 valence electrons. The van der Waals surface area contributed by atoms with Gasteiger partial charge in [0.2, 0.25) is 0 Å². The van der Waals surface area contributed by atoms with Gasteiger partial charge in [0.25, 0.3) is 0 Å². The van der Waals surface area contributed by atoms with Crippen LogP contribution in [0.2, 0.25) is 0 Å². The summed E-state index contributed by atoms with van der Waals surface area (Å²) in [6, 6.07) is 5.58. The number of nitrogens with one attached hydrogen (secondary N) is 1. The Labute approximate surface area is 100 Å². The summed E-state index contributed by atoms with van der Waals surface area (Å²) in [6.45, 7) is 1.96. The Morgan fingerprint density at radius 1 is 1.41 bits per heavy atom.